The molecule has 0 bridgehead atoms. The quantitative estimate of drug-likeness (QED) is 0.581. The second kappa shape index (κ2) is 8.75. The first kappa shape index (κ1) is 14.8. The van der Waals surface area contributed by atoms with E-state index in [1.807, 2.05) is 12.1 Å². The molecule has 0 unspecified atom stereocenters. The van der Waals surface area contributed by atoms with Gasteiger partial charge in [0, 0.05) is 18.5 Å². The molecule has 0 radical (unpaired) electrons. The highest BCUT2D eigenvalue weighted by atomic mass is 35.5. The molecule has 96 valence electrons. The Hall–Kier alpha value is -0.290. The summed E-state index contributed by atoms with van der Waals surface area (Å²) in [6.45, 7) is 3.23. The Morgan fingerprint density at radius 1 is 1.35 bits per heavy atom. The van der Waals surface area contributed by atoms with E-state index < -0.39 is 0 Å². The molecule has 17 heavy (non-hydrogen) atoms. The normalized spacial score (nSPS) is 11.1. The van der Waals surface area contributed by atoms with E-state index in [-0.39, 0.29) is 0 Å². The van der Waals surface area contributed by atoms with Crippen LogP contribution < -0.4 is 5.32 Å². The van der Waals surface area contributed by atoms with E-state index in [1.54, 1.807) is 18.0 Å². The van der Waals surface area contributed by atoms with Crippen LogP contribution in [-0.2, 0) is 0 Å². The summed E-state index contributed by atoms with van der Waals surface area (Å²) in [7, 11) is 4.20. The number of hydrogen-bond donors (Lipinski definition) is 1. The number of aromatic nitrogens is 1. The second-order valence-electron chi connectivity index (χ2n) is 4.07. The molecule has 1 aromatic heterocycles. The van der Waals surface area contributed by atoms with Crippen molar-refractivity contribution in [3.05, 3.63) is 23.4 Å². The van der Waals surface area contributed by atoms with Gasteiger partial charge in [0.15, 0.2) is 0 Å². The molecule has 0 atom stereocenters. The summed E-state index contributed by atoms with van der Waals surface area (Å²) in [6, 6.07) is 3.83. The highest BCUT2D eigenvalue weighted by Crippen LogP contribution is 2.16. The van der Waals surface area contributed by atoms with Crippen LogP contribution in [0.1, 0.15) is 6.42 Å². The first-order valence-corrected chi connectivity index (χ1v) is 7.14. The average molecular weight is 274 g/mol. The van der Waals surface area contributed by atoms with Gasteiger partial charge in [-0.25, -0.2) is 4.98 Å². The fraction of sp³-hybridized carbons (Fsp3) is 0.583. The second-order valence-corrected chi connectivity index (χ2v) is 5.62. The van der Waals surface area contributed by atoms with E-state index in [2.05, 4.69) is 29.3 Å². The third-order valence-corrected chi connectivity index (χ3v) is 3.36. The summed E-state index contributed by atoms with van der Waals surface area (Å²) in [4.78, 5) is 6.43. The smallest absolute Gasteiger partial charge is 0.0961 e. The van der Waals surface area contributed by atoms with Crippen LogP contribution in [0.15, 0.2) is 23.4 Å². The van der Waals surface area contributed by atoms with Gasteiger partial charge in [-0.05, 0) is 45.7 Å². The molecule has 0 aliphatic rings. The van der Waals surface area contributed by atoms with Crippen LogP contribution in [0.3, 0.4) is 0 Å². The van der Waals surface area contributed by atoms with Gasteiger partial charge in [0.25, 0.3) is 0 Å². The van der Waals surface area contributed by atoms with Crippen LogP contribution in [0.4, 0.5) is 0 Å². The number of nitrogens with one attached hydrogen (secondary N) is 1. The van der Waals surface area contributed by atoms with Crippen LogP contribution in [0.2, 0.25) is 5.02 Å². The molecule has 0 spiro atoms. The van der Waals surface area contributed by atoms with Gasteiger partial charge >= 0.3 is 0 Å². The maximum atomic E-state index is 5.77. The van der Waals surface area contributed by atoms with E-state index in [1.165, 1.54) is 6.42 Å². The summed E-state index contributed by atoms with van der Waals surface area (Å²) in [5.74, 6) is 1.04. The Morgan fingerprint density at radius 2 is 2.18 bits per heavy atom. The Labute approximate surface area is 113 Å². The van der Waals surface area contributed by atoms with Crippen molar-refractivity contribution in [3.8, 4) is 0 Å². The summed E-state index contributed by atoms with van der Waals surface area (Å²) in [5, 5.41) is 5.14. The van der Waals surface area contributed by atoms with E-state index in [0.717, 1.165) is 30.4 Å². The monoisotopic (exact) mass is 273 g/mol. The molecule has 1 rings (SSSR count). The zero-order chi connectivity index (χ0) is 12.5. The Morgan fingerprint density at radius 3 is 2.82 bits per heavy atom. The van der Waals surface area contributed by atoms with Crippen molar-refractivity contribution in [2.24, 2.45) is 0 Å². The summed E-state index contributed by atoms with van der Waals surface area (Å²) >= 11 is 7.52. The van der Waals surface area contributed by atoms with Gasteiger partial charge in [0.2, 0.25) is 0 Å². The molecule has 0 aliphatic carbocycles. The first-order valence-electron chi connectivity index (χ1n) is 5.78. The van der Waals surface area contributed by atoms with Crippen molar-refractivity contribution in [1.29, 1.82) is 0 Å². The van der Waals surface area contributed by atoms with Crippen LogP contribution in [0.25, 0.3) is 0 Å². The topological polar surface area (TPSA) is 28.2 Å². The molecule has 1 N–H and O–H groups in total. The lowest BCUT2D eigenvalue weighted by Crippen LogP contribution is -2.23. The van der Waals surface area contributed by atoms with E-state index >= 15 is 0 Å². The Balaban J connectivity index is 1.99. The molecule has 3 nitrogen and oxygen atoms in total. The van der Waals surface area contributed by atoms with Crippen molar-refractivity contribution in [2.75, 3.05) is 39.5 Å². The number of pyridine rings is 1. The fourth-order valence-electron chi connectivity index (χ4n) is 1.32. The molecule has 0 aromatic carbocycles. The molecule has 0 amide bonds. The molecular formula is C12H20ClN3S. The van der Waals surface area contributed by atoms with Gasteiger partial charge in [0.1, 0.15) is 0 Å². The van der Waals surface area contributed by atoms with Crippen LogP contribution in [-0.4, -0.2) is 49.4 Å². The largest absolute Gasteiger partial charge is 0.316 e. The molecule has 0 fully saturated rings. The summed E-state index contributed by atoms with van der Waals surface area (Å²) < 4.78 is 0. The third kappa shape index (κ3) is 7.60. The minimum absolute atomic E-state index is 0.691. The molecule has 1 aromatic rings. The minimum Gasteiger partial charge on any atom is -0.316 e. The maximum absolute atomic E-state index is 5.77. The van der Waals surface area contributed by atoms with Gasteiger partial charge in [-0.1, -0.05) is 11.6 Å². The number of rotatable bonds is 8. The van der Waals surface area contributed by atoms with Crippen molar-refractivity contribution in [1.82, 2.24) is 15.2 Å². The van der Waals surface area contributed by atoms with Gasteiger partial charge in [-0.15, -0.1) is 11.8 Å². The fourth-order valence-corrected chi connectivity index (χ4v) is 2.18. The Kier molecular flexibility index (Phi) is 7.60. The van der Waals surface area contributed by atoms with Gasteiger partial charge in [-0.2, -0.15) is 0 Å². The van der Waals surface area contributed by atoms with Gasteiger partial charge in [0.05, 0.1) is 10.0 Å². The number of thioether (sulfide) groups is 1. The third-order valence-electron chi connectivity index (χ3n) is 2.19. The lowest BCUT2D eigenvalue weighted by Gasteiger charge is -2.09. The molecule has 0 aliphatic heterocycles. The zero-order valence-electron chi connectivity index (χ0n) is 10.4. The zero-order valence-corrected chi connectivity index (χ0v) is 12.0. The van der Waals surface area contributed by atoms with Gasteiger partial charge in [-0.3, -0.25) is 0 Å². The lowest BCUT2D eigenvalue weighted by molar-refractivity contribution is 0.396. The lowest BCUT2D eigenvalue weighted by atomic mass is 10.4. The molecule has 0 saturated carbocycles. The van der Waals surface area contributed by atoms with Crippen LogP contribution in [0.5, 0.6) is 0 Å². The summed E-state index contributed by atoms with van der Waals surface area (Å²) in [5.41, 5.74) is 0. The molecular weight excluding hydrogens is 254 g/mol. The molecule has 1 heterocycles. The number of halogens is 1. The van der Waals surface area contributed by atoms with Crippen molar-refractivity contribution in [2.45, 2.75) is 11.4 Å². The number of nitrogens with zero attached hydrogens (tertiary/aromatic N) is 2. The van der Waals surface area contributed by atoms with E-state index in [0.29, 0.717) is 5.02 Å². The van der Waals surface area contributed by atoms with Gasteiger partial charge < -0.3 is 10.2 Å². The maximum Gasteiger partial charge on any atom is 0.0961 e. The predicted molar refractivity (Wildman–Crippen MR) is 76.0 cm³/mol. The van der Waals surface area contributed by atoms with Crippen LogP contribution >= 0.6 is 23.4 Å². The SMILES string of the molecule is CN(C)CCCNCCSc1ccc(Cl)cn1. The molecule has 5 heteroatoms. The summed E-state index contributed by atoms with van der Waals surface area (Å²) in [6.07, 6.45) is 2.88. The first-order chi connectivity index (χ1) is 8.18. The van der Waals surface area contributed by atoms with E-state index in [9.17, 15) is 0 Å². The predicted octanol–water partition coefficient (Wildman–Crippen LogP) is 2.37. The highest BCUT2D eigenvalue weighted by molar-refractivity contribution is 7.99. The Bertz CT molecular complexity index is 303. The van der Waals surface area contributed by atoms with E-state index in [4.69, 9.17) is 11.6 Å². The number of hydrogen-bond acceptors (Lipinski definition) is 4. The standard InChI is InChI=1S/C12H20ClN3S/c1-16(2)8-3-6-14-7-9-17-12-5-4-11(13)10-15-12/h4-5,10,14H,3,6-9H2,1-2H3. The van der Waals surface area contributed by atoms with Crippen molar-refractivity contribution >= 4 is 23.4 Å². The van der Waals surface area contributed by atoms with Crippen LogP contribution in [0, 0.1) is 0 Å². The highest BCUT2D eigenvalue weighted by Gasteiger charge is 1.96. The average Bonchev–Trinajstić information content (AvgIpc) is 2.30. The minimum atomic E-state index is 0.691. The van der Waals surface area contributed by atoms with Crippen molar-refractivity contribution < 1.29 is 0 Å². The molecule has 0 saturated heterocycles. The van der Waals surface area contributed by atoms with Crippen molar-refractivity contribution in [3.63, 3.8) is 0 Å².